The molecule has 0 spiro atoms. The van der Waals surface area contributed by atoms with Crippen LogP contribution >= 0.6 is 35.1 Å². The highest BCUT2D eigenvalue weighted by Gasteiger charge is 2.37. The summed E-state index contributed by atoms with van der Waals surface area (Å²) in [6, 6.07) is 20.4. The number of anilines is 1. The smallest absolute Gasteiger partial charge is 0.251 e. The summed E-state index contributed by atoms with van der Waals surface area (Å²) in [6.45, 7) is 3.57. The molecule has 1 saturated heterocycles. The van der Waals surface area contributed by atoms with Crippen LogP contribution in [0.25, 0.3) is 0 Å². The van der Waals surface area contributed by atoms with Crippen LogP contribution in [-0.4, -0.2) is 48.6 Å². The predicted molar refractivity (Wildman–Crippen MR) is 171 cm³/mol. The highest BCUT2D eigenvalue weighted by molar-refractivity contribution is 8.07. The molecule has 1 atom stereocenters. The lowest BCUT2D eigenvalue weighted by Crippen LogP contribution is -2.40. The minimum Gasteiger partial charge on any atom is -0.351 e. The fourth-order valence-electron chi connectivity index (χ4n) is 5.86. The summed E-state index contributed by atoms with van der Waals surface area (Å²) in [6.07, 6.45) is 3.46. The molecular formula is C33H33ClFN3O2S2. The molecule has 218 valence electrons. The van der Waals surface area contributed by atoms with Gasteiger partial charge in [0.15, 0.2) is 0 Å². The van der Waals surface area contributed by atoms with Crippen LogP contribution in [0.5, 0.6) is 0 Å². The van der Waals surface area contributed by atoms with E-state index in [-0.39, 0.29) is 24.3 Å². The molecular weight excluding hydrogens is 589 g/mol. The predicted octanol–water partition coefficient (Wildman–Crippen LogP) is 7.01. The SMILES string of the molecule is O=C(NCCN1CCC(Cc2ccccc2)CC1)c1ccc2c(c1)N(Cc1cc(F)ccc1Cl)C(=O)[C@@H]1CSC=C1S2. The molecule has 0 radical (unpaired) electrons. The summed E-state index contributed by atoms with van der Waals surface area (Å²) in [7, 11) is 0. The van der Waals surface area contributed by atoms with Gasteiger partial charge in [-0.1, -0.05) is 53.7 Å². The van der Waals surface area contributed by atoms with E-state index in [1.165, 1.54) is 36.6 Å². The van der Waals surface area contributed by atoms with Gasteiger partial charge in [-0.2, -0.15) is 0 Å². The molecule has 0 bridgehead atoms. The molecule has 2 amide bonds. The maximum absolute atomic E-state index is 14.1. The summed E-state index contributed by atoms with van der Waals surface area (Å²) >= 11 is 9.59. The number of amides is 2. The topological polar surface area (TPSA) is 52.7 Å². The molecule has 3 aromatic carbocycles. The second-order valence-corrected chi connectivity index (χ2v) is 13.5. The molecule has 6 rings (SSSR count). The molecule has 0 unspecified atom stereocenters. The van der Waals surface area contributed by atoms with E-state index >= 15 is 0 Å². The van der Waals surface area contributed by atoms with Crippen molar-refractivity contribution in [2.75, 3.05) is 36.8 Å². The van der Waals surface area contributed by atoms with Crippen molar-refractivity contribution in [3.05, 3.63) is 105 Å². The zero-order valence-corrected chi connectivity index (χ0v) is 25.6. The van der Waals surface area contributed by atoms with Crippen LogP contribution in [0.15, 0.2) is 81.9 Å². The first-order valence-electron chi connectivity index (χ1n) is 14.4. The van der Waals surface area contributed by atoms with Crippen LogP contribution in [0, 0.1) is 17.7 Å². The molecule has 0 saturated carbocycles. The Morgan fingerprint density at radius 2 is 1.86 bits per heavy atom. The first kappa shape index (κ1) is 29.3. The van der Waals surface area contributed by atoms with Crippen molar-refractivity contribution in [2.24, 2.45) is 11.8 Å². The molecule has 42 heavy (non-hydrogen) atoms. The number of carbonyl (C=O) groups is 2. The molecule has 0 aromatic heterocycles. The van der Waals surface area contributed by atoms with Gasteiger partial charge in [-0.15, -0.1) is 11.8 Å². The van der Waals surface area contributed by atoms with Gasteiger partial charge in [0.05, 0.1) is 18.2 Å². The lowest BCUT2D eigenvalue weighted by Gasteiger charge is -2.32. The van der Waals surface area contributed by atoms with Crippen molar-refractivity contribution < 1.29 is 14.0 Å². The minimum atomic E-state index is -0.406. The normalized spacial score (nSPS) is 19.2. The summed E-state index contributed by atoms with van der Waals surface area (Å²) < 4.78 is 14.1. The summed E-state index contributed by atoms with van der Waals surface area (Å²) in [5, 5.41) is 5.52. The molecule has 3 aliphatic rings. The average Bonchev–Trinajstić information content (AvgIpc) is 3.43. The number of benzene rings is 3. The highest BCUT2D eigenvalue weighted by Crippen LogP contribution is 2.48. The fraction of sp³-hybridized carbons (Fsp3) is 0.333. The monoisotopic (exact) mass is 621 g/mol. The number of nitrogens with zero attached hydrogens (tertiary/aromatic N) is 2. The summed E-state index contributed by atoms with van der Waals surface area (Å²) in [4.78, 5) is 33.0. The number of nitrogens with one attached hydrogen (secondary N) is 1. The Morgan fingerprint density at radius 3 is 2.67 bits per heavy atom. The van der Waals surface area contributed by atoms with Gasteiger partial charge < -0.3 is 15.1 Å². The molecule has 3 heterocycles. The molecule has 3 aromatic rings. The third-order valence-electron chi connectivity index (χ3n) is 8.23. The maximum atomic E-state index is 14.1. The van der Waals surface area contributed by atoms with E-state index in [0.717, 1.165) is 35.9 Å². The van der Waals surface area contributed by atoms with E-state index in [0.29, 0.717) is 40.1 Å². The number of carbonyl (C=O) groups excluding carboxylic acids is 2. The first-order valence-corrected chi connectivity index (χ1v) is 16.6. The molecule has 0 aliphatic carbocycles. The number of thioether (sulfide) groups is 2. The molecule has 9 heteroatoms. The third-order valence-corrected chi connectivity index (χ3v) is 10.9. The van der Waals surface area contributed by atoms with Crippen molar-refractivity contribution in [2.45, 2.75) is 30.7 Å². The van der Waals surface area contributed by atoms with Gasteiger partial charge in [0.2, 0.25) is 5.91 Å². The van der Waals surface area contributed by atoms with E-state index in [1.807, 2.05) is 17.5 Å². The van der Waals surface area contributed by atoms with Gasteiger partial charge in [0.1, 0.15) is 5.82 Å². The Labute approximate surface area is 259 Å². The van der Waals surface area contributed by atoms with Gasteiger partial charge in [-0.3, -0.25) is 9.59 Å². The third kappa shape index (κ3) is 6.72. The van der Waals surface area contributed by atoms with Crippen LogP contribution in [0.2, 0.25) is 5.02 Å². The number of rotatable bonds is 8. The fourth-order valence-corrected chi connectivity index (χ4v) is 8.47. The standard InChI is InChI=1S/C33H33ClFN3O2S2/c34-28-8-7-26(35)17-25(28)19-38-29-18-24(6-9-30(29)42-31-21-41-20-27(31)33(38)40)32(39)36-12-15-37-13-10-23(11-14-37)16-22-4-2-1-3-5-22/h1-9,17-18,21,23,27H,10-16,19-20H2,(H,36,39)/t27-/m1/s1. The van der Waals surface area contributed by atoms with Crippen molar-refractivity contribution in [3.8, 4) is 0 Å². The van der Waals surface area contributed by atoms with Crippen molar-refractivity contribution in [1.29, 1.82) is 0 Å². The Bertz CT molecular complexity index is 1490. The van der Waals surface area contributed by atoms with Crippen LogP contribution in [0.4, 0.5) is 10.1 Å². The van der Waals surface area contributed by atoms with Gasteiger partial charge in [-0.05, 0) is 91.2 Å². The maximum Gasteiger partial charge on any atom is 0.251 e. The van der Waals surface area contributed by atoms with E-state index in [1.54, 1.807) is 34.5 Å². The largest absolute Gasteiger partial charge is 0.351 e. The second-order valence-electron chi connectivity index (χ2n) is 11.1. The Kier molecular flexibility index (Phi) is 9.24. The summed E-state index contributed by atoms with van der Waals surface area (Å²) in [5.41, 5.74) is 3.08. The van der Waals surface area contributed by atoms with Crippen LogP contribution in [-0.2, 0) is 17.8 Å². The van der Waals surface area contributed by atoms with Gasteiger partial charge in [-0.25, -0.2) is 4.39 Å². The zero-order chi connectivity index (χ0) is 29.1. The minimum absolute atomic E-state index is 0.0638. The number of piperidine rings is 1. The molecule has 5 nitrogen and oxygen atoms in total. The number of hydrogen-bond donors (Lipinski definition) is 1. The Balaban J connectivity index is 1.11. The van der Waals surface area contributed by atoms with Crippen molar-refractivity contribution >= 4 is 52.6 Å². The lowest BCUT2D eigenvalue weighted by molar-refractivity contribution is -0.120. The van der Waals surface area contributed by atoms with E-state index in [9.17, 15) is 14.0 Å². The summed E-state index contributed by atoms with van der Waals surface area (Å²) in [5.74, 6) is 0.464. The Hall–Kier alpha value is -2.78. The quantitative estimate of drug-likeness (QED) is 0.293. The molecule has 1 N–H and O–H groups in total. The average molecular weight is 622 g/mol. The van der Waals surface area contributed by atoms with Gasteiger partial charge >= 0.3 is 0 Å². The van der Waals surface area contributed by atoms with Crippen LogP contribution < -0.4 is 10.2 Å². The van der Waals surface area contributed by atoms with Crippen LogP contribution in [0.1, 0.15) is 34.3 Å². The van der Waals surface area contributed by atoms with E-state index < -0.39 is 5.82 Å². The van der Waals surface area contributed by atoms with Crippen molar-refractivity contribution in [3.63, 3.8) is 0 Å². The zero-order valence-electron chi connectivity index (χ0n) is 23.2. The molecule has 3 aliphatic heterocycles. The van der Waals surface area contributed by atoms with Crippen LogP contribution in [0.3, 0.4) is 0 Å². The van der Waals surface area contributed by atoms with Crippen molar-refractivity contribution in [1.82, 2.24) is 10.2 Å². The van der Waals surface area contributed by atoms with E-state index in [4.69, 9.17) is 11.6 Å². The number of hydrogen-bond acceptors (Lipinski definition) is 5. The lowest BCUT2D eigenvalue weighted by atomic mass is 9.90. The molecule has 1 fully saturated rings. The first-order chi connectivity index (χ1) is 20.4. The van der Waals surface area contributed by atoms with Gasteiger partial charge in [0, 0.05) is 39.2 Å². The van der Waals surface area contributed by atoms with E-state index in [2.05, 4.69) is 40.5 Å². The second kappa shape index (κ2) is 13.2. The number of fused-ring (bicyclic) bond motifs is 2. The highest BCUT2D eigenvalue weighted by atomic mass is 35.5. The number of likely N-dealkylation sites (tertiary alicyclic amines) is 1. The Morgan fingerprint density at radius 1 is 1.05 bits per heavy atom. The van der Waals surface area contributed by atoms with Gasteiger partial charge in [0.25, 0.3) is 5.91 Å². The number of halogens is 2.